The van der Waals surface area contributed by atoms with Gasteiger partial charge in [-0.2, -0.15) is 4.89 Å². The third-order valence-corrected chi connectivity index (χ3v) is 18.3. The Morgan fingerprint density at radius 3 is 2.07 bits per heavy atom. The van der Waals surface area contributed by atoms with Crippen LogP contribution in [0, 0.1) is 52.3 Å². The summed E-state index contributed by atoms with van der Waals surface area (Å²) in [5.74, 6) is 3.00. The lowest BCUT2D eigenvalue weighted by molar-refractivity contribution is -0.270. The number of benzene rings is 4. The van der Waals surface area contributed by atoms with Gasteiger partial charge in [0, 0.05) is 5.41 Å². The molecule has 352 valence electrons. The van der Waals surface area contributed by atoms with Gasteiger partial charge in [0.15, 0.2) is 5.75 Å². The summed E-state index contributed by atoms with van der Waals surface area (Å²) >= 11 is 0. The first-order valence-electron chi connectivity index (χ1n) is 24.8. The maximum atomic E-state index is 12.5. The number of hydrogen-bond donors (Lipinski definition) is 1. The van der Waals surface area contributed by atoms with Crippen molar-refractivity contribution in [2.75, 3.05) is 0 Å². The van der Waals surface area contributed by atoms with E-state index in [0.29, 0.717) is 34.1 Å². The van der Waals surface area contributed by atoms with Gasteiger partial charge in [-0.15, -0.1) is 0 Å². The van der Waals surface area contributed by atoms with E-state index in [1.54, 1.807) is 36.4 Å². The summed E-state index contributed by atoms with van der Waals surface area (Å²) in [5.41, 5.74) is 5.34. The van der Waals surface area contributed by atoms with Crippen molar-refractivity contribution >= 4 is 23.9 Å². The van der Waals surface area contributed by atoms with Crippen LogP contribution in [0.4, 0.5) is 0 Å². The van der Waals surface area contributed by atoms with Gasteiger partial charge in [0.2, 0.25) is 0 Å². The molecule has 4 aromatic rings. The second kappa shape index (κ2) is 17.7. The molecule has 2 aliphatic heterocycles. The SMILES string of the molecule is CC(C)CCCC(C)C1CCC2C3CCC4CC(c5ccc(OOCc6ccc7c(c6)C(=O)OC7=O)cc5)(c5cccc(C(OO)c6ccc7c(c6)C(=O)OC7=O)c5)CCC4(C)C3CCC12C. The minimum atomic E-state index is -0.912. The molecular formula is C57H64O10. The van der Waals surface area contributed by atoms with Crippen molar-refractivity contribution in [3.63, 3.8) is 0 Å². The molecule has 4 saturated carbocycles. The maximum absolute atomic E-state index is 12.5. The third kappa shape index (κ3) is 7.94. The summed E-state index contributed by atoms with van der Waals surface area (Å²) in [6.07, 6.45) is 14.1. The van der Waals surface area contributed by atoms with Crippen LogP contribution < -0.4 is 4.89 Å². The Kier molecular flexibility index (Phi) is 12.1. The van der Waals surface area contributed by atoms with Crippen LogP contribution in [0.15, 0.2) is 84.9 Å². The van der Waals surface area contributed by atoms with E-state index in [1.165, 1.54) is 63.4 Å². The van der Waals surface area contributed by atoms with Crippen molar-refractivity contribution in [1.29, 1.82) is 0 Å². The fourth-order valence-electron chi connectivity index (χ4n) is 14.8. The van der Waals surface area contributed by atoms with Crippen molar-refractivity contribution in [2.24, 2.45) is 52.3 Å². The van der Waals surface area contributed by atoms with Gasteiger partial charge < -0.3 is 14.4 Å². The summed E-state index contributed by atoms with van der Waals surface area (Å²) in [7, 11) is 0. The summed E-state index contributed by atoms with van der Waals surface area (Å²) in [5, 5.41) is 10.5. The van der Waals surface area contributed by atoms with Crippen LogP contribution in [0.2, 0.25) is 0 Å². The molecular weight excluding hydrogens is 845 g/mol. The van der Waals surface area contributed by atoms with Crippen LogP contribution in [0.5, 0.6) is 5.75 Å². The van der Waals surface area contributed by atoms with E-state index >= 15 is 0 Å². The molecule has 0 radical (unpaired) electrons. The maximum Gasteiger partial charge on any atom is 0.346 e. The molecule has 10 heteroatoms. The highest BCUT2D eigenvalue weighted by Crippen LogP contribution is 2.70. The van der Waals surface area contributed by atoms with Gasteiger partial charge in [-0.25, -0.2) is 24.1 Å². The standard InChI is InChI=1S/C57H64O10/c1-33(2)8-6-9-34(3)47-22-23-48-44-21-16-40-31-57(27-26-55(40,4)49(44)24-25-56(47,48)5,38-14-17-41(18-15-38)67-63-32-35-12-19-42-45(28-35)53(60)64-51(42)58)39-11-7-10-36(29-39)50(66-62)37-13-20-43-46(30-37)54(61)65-52(43)59/h7,10-15,17-20,28-30,33-34,40,44,47-50,62H,6,8-9,16,21-27,31-32H2,1-5H3. The molecule has 10 atom stereocenters. The van der Waals surface area contributed by atoms with Crippen LogP contribution in [0.3, 0.4) is 0 Å². The van der Waals surface area contributed by atoms with E-state index in [0.717, 1.165) is 60.0 Å². The zero-order valence-corrected chi connectivity index (χ0v) is 39.5. The fourth-order valence-corrected chi connectivity index (χ4v) is 14.8. The molecule has 0 saturated heterocycles. The fraction of sp³-hybridized carbons (Fsp3) is 0.509. The predicted octanol–water partition coefficient (Wildman–Crippen LogP) is 12.8. The lowest BCUT2D eigenvalue weighted by Crippen LogP contribution is -2.55. The topological polar surface area (TPSA) is 135 Å². The Morgan fingerprint density at radius 1 is 0.657 bits per heavy atom. The normalized spacial score (nSPS) is 30.5. The Morgan fingerprint density at radius 2 is 1.34 bits per heavy atom. The van der Waals surface area contributed by atoms with E-state index in [-0.39, 0.29) is 39.7 Å². The molecule has 10 rings (SSSR count). The summed E-state index contributed by atoms with van der Waals surface area (Å²) < 4.78 is 9.59. The number of hydrogen-bond acceptors (Lipinski definition) is 10. The van der Waals surface area contributed by atoms with E-state index in [1.807, 2.05) is 24.3 Å². The first kappa shape index (κ1) is 45.6. The monoisotopic (exact) mass is 908 g/mol. The van der Waals surface area contributed by atoms with Crippen molar-refractivity contribution in [1.82, 2.24) is 0 Å². The number of ether oxygens (including phenoxy) is 2. The Balaban J connectivity index is 0.924. The van der Waals surface area contributed by atoms with Gasteiger partial charge in [-0.05, 0) is 174 Å². The largest absolute Gasteiger partial charge is 0.386 e. The van der Waals surface area contributed by atoms with Gasteiger partial charge in [0.25, 0.3) is 0 Å². The third-order valence-electron chi connectivity index (χ3n) is 18.3. The minimum absolute atomic E-state index is 0.0590. The Labute approximate surface area is 393 Å². The van der Waals surface area contributed by atoms with Crippen LogP contribution in [0.1, 0.15) is 187 Å². The first-order chi connectivity index (χ1) is 32.2. The molecule has 4 aromatic carbocycles. The predicted molar refractivity (Wildman–Crippen MR) is 250 cm³/mol. The lowest BCUT2D eigenvalue weighted by Gasteiger charge is -2.63. The Hall–Kier alpha value is -5.16. The molecule has 10 unspecified atom stereocenters. The first-order valence-corrected chi connectivity index (χ1v) is 24.8. The molecule has 4 fully saturated rings. The molecule has 6 aliphatic rings. The number of fused-ring (bicyclic) bond motifs is 7. The van der Waals surface area contributed by atoms with E-state index in [9.17, 15) is 24.4 Å². The second-order valence-corrected chi connectivity index (χ2v) is 22.0. The molecule has 10 nitrogen and oxygen atoms in total. The molecule has 0 amide bonds. The van der Waals surface area contributed by atoms with Gasteiger partial charge in [-0.1, -0.05) is 102 Å². The van der Waals surface area contributed by atoms with E-state index < -0.39 is 30.0 Å². The number of carbonyl (C=O) groups is 4. The van der Waals surface area contributed by atoms with Gasteiger partial charge in [-0.3, -0.25) is 5.26 Å². The van der Waals surface area contributed by atoms with Crippen LogP contribution in [0.25, 0.3) is 0 Å². The number of esters is 4. The molecule has 2 heterocycles. The van der Waals surface area contributed by atoms with Crippen LogP contribution >= 0.6 is 0 Å². The highest BCUT2D eigenvalue weighted by atomic mass is 17.2. The Bertz CT molecular complexity index is 2580. The molecule has 67 heavy (non-hydrogen) atoms. The zero-order chi connectivity index (χ0) is 46.8. The molecule has 4 aliphatic carbocycles. The average molecular weight is 909 g/mol. The molecule has 1 N–H and O–H groups in total. The zero-order valence-electron chi connectivity index (χ0n) is 39.5. The second-order valence-electron chi connectivity index (χ2n) is 22.0. The highest BCUT2D eigenvalue weighted by molar-refractivity contribution is 6.15. The van der Waals surface area contributed by atoms with Gasteiger partial charge in [0.05, 0.1) is 22.3 Å². The smallest absolute Gasteiger partial charge is 0.346 e. The lowest BCUT2D eigenvalue weighted by atomic mass is 9.42. The molecule has 0 aromatic heterocycles. The number of rotatable bonds is 14. The van der Waals surface area contributed by atoms with Crippen LogP contribution in [-0.2, 0) is 31.3 Å². The van der Waals surface area contributed by atoms with E-state index in [4.69, 9.17) is 24.1 Å². The van der Waals surface area contributed by atoms with Gasteiger partial charge >= 0.3 is 23.9 Å². The molecule has 0 bridgehead atoms. The summed E-state index contributed by atoms with van der Waals surface area (Å²) in [6, 6.07) is 26.2. The van der Waals surface area contributed by atoms with E-state index in [2.05, 4.69) is 58.9 Å². The number of carbonyl (C=O) groups excluding carboxylic acids is 4. The number of cyclic esters (lactones) is 4. The molecule has 0 spiro atoms. The highest BCUT2D eigenvalue weighted by Gasteiger charge is 2.62. The van der Waals surface area contributed by atoms with Crippen molar-refractivity contribution in [2.45, 2.75) is 130 Å². The van der Waals surface area contributed by atoms with Crippen molar-refractivity contribution in [3.8, 4) is 5.75 Å². The summed E-state index contributed by atoms with van der Waals surface area (Å²) in [6.45, 7) is 12.6. The van der Waals surface area contributed by atoms with Crippen LogP contribution in [-0.4, -0.2) is 29.1 Å². The van der Waals surface area contributed by atoms with Crippen molar-refractivity contribution in [3.05, 3.63) is 135 Å². The van der Waals surface area contributed by atoms with Crippen molar-refractivity contribution < 1.29 is 48.6 Å². The van der Waals surface area contributed by atoms with Gasteiger partial charge in [0.1, 0.15) is 12.7 Å². The summed E-state index contributed by atoms with van der Waals surface area (Å²) in [4.78, 5) is 65.5. The average Bonchev–Trinajstić information content (AvgIpc) is 3.93. The minimum Gasteiger partial charge on any atom is -0.386 e. The quantitative estimate of drug-likeness (QED) is 0.0564.